The van der Waals surface area contributed by atoms with Crippen molar-refractivity contribution < 1.29 is 32.9 Å². The number of hydrogen-bond donors (Lipinski definition) is 3. The number of fused-ring (bicyclic) bond motifs is 4. The van der Waals surface area contributed by atoms with Gasteiger partial charge in [-0.05, 0) is 18.6 Å². The van der Waals surface area contributed by atoms with E-state index in [0.29, 0.717) is 31.0 Å². The van der Waals surface area contributed by atoms with Crippen molar-refractivity contribution in [2.45, 2.75) is 24.7 Å². The van der Waals surface area contributed by atoms with E-state index in [1.807, 2.05) is 4.90 Å². The van der Waals surface area contributed by atoms with Crippen molar-refractivity contribution in [3.8, 4) is 17.3 Å². The summed E-state index contributed by atoms with van der Waals surface area (Å²) >= 11 is 0. The second kappa shape index (κ2) is 9.78. The molecule has 3 N–H and O–H groups in total. The topological polar surface area (TPSA) is 137 Å². The maximum Gasteiger partial charge on any atom is 0.416 e. The number of ether oxygens (including phenoxy) is 1. The molecule has 1 aromatic carbocycles. The summed E-state index contributed by atoms with van der Waals surface area (Å²) in [6.07, 6.45) is -0.843. The number of urea groups is 1. The molecule has 0 aliphatic carbocycles. The molecule has 194 valence electrons. The van der Waals surface area contributed by atoms with Gasteiger partial charge in [0.25, 0.3) is 0 Å². The van der Waals surface area contributed by atoms with Crippen molar-refractivity contribution in [1.82, 2.24) is 19.9 Å². The molecule has 3 aromatic rings. The summed E-state index contributed by atoms with van der Waals surface area (Å²) in [4.78, 5) is 33.7. The lowest BCUT2D eigenvalue weighted by Gasteiger charge is -2.35. The SMILES string of the molecule is O=C(Nc1cnc(OC[C@@H](O)CO)cn1)N1c2nc(-c3cccc(C(F)(F)F)c3)ncc2N2CCC1C2. The van der Waals surface area contributed by atoms with Crippen LogP contribution in [0.15, 0.2) is 42.9 Å². The Morgan fingerprint density at radius 3 is 2.78 bits per heavy atom. The highest BCUT2D eigenvalue weighted by molar-refractivity contribution is 6.04. The minimum atomic E-state index is -4.51. The number of nitrogens with zero attached hydrogens (tertiary/aromatic N) is 6. The summed E-state index contributed by atoms with van der Waals surface area (Å²) in [6.45, 7) is 0.613. The van der Waals surface area contributed by atoms with Crippen LogP contribution in [0.3, 0.4) is 0 Å². The van der Waals surface area contributed by atoms with Crippen molar-refractivity contribution in [3.05, 3.63) is 48.4 Å². The zero-order chi connectivity index (χ0) is 26.2. The standard InChI is InChI=1S/C23H22F3N7O4/c24-23(25,26)14-3-1-2-13(6-14)20-29-7-17-21(31-20)33(15-4-5-32(17)10-15)22(36)30-18-8-28-19(9-27-18)37-12-16(35)11-34/h1-3,6-9,15-16,34-35H,4-5,10-12H2,(H,27,30,36)/t15?,16-/m0/s1. The third-order valence-corrected chi connectivity index (χ3v) is 6.01. The monoisotopic (exact) mass is 517 g/mol. The van der Waals surface area contributed by atoms with Gasteiger partial charge in [0.15, 0.2) is 17.5 Å². The Bertz CT molecular complexity index is 1290. The maximum atomic E-state index is 13.3. The van der Waals surface area contributed by atoms with Gasteiger partial charge in [-0.15, -0.1) is 0 Å². The van der Waals surface area contributed by atoms with Gasteiger partial charge in [-0.3, -0.25) is 10.2 Å². The molecular weight excluding hydrogens is 495 g/mol. The van der Waals surface area contributed by atoms with E-state index in [9.17, 15) is 23.1 Å². The van der Waals surface area contributed by atoms with Gasteiger partial charge in [0.05, 0.1) is 42.5 Å². The number of amides is 2. The second-order valence-corrected chi connectivity index (χ2v) is 8.56. The van der Waals surface area contributed by atoms with Crippen LogP contribution < -0.4 is 19.9 Å². The number of carbonyl (C=O) groups excluding carboxylic acids is 1. The van der Waals surface area contributed by atoms with Gasteiger partial charge in [0, 0.05) is 18.7 Å². The quantitative estimate of drug-likeness (QED) is 0.450. The van der Waals surface area contributed by atoms with Crippen LogP contribution in [0.2, 0.25) is 0 Å². The molecule has 2 aromatic heterocycles. The molecule has 5 rings (SSSR count). The highest BCUT2D eigenvalue weighted by Gasteiger charge is 2.41. The average Bonchev–Trinajstić information content (AvgIpc) is 3.31. The third-order valence-electron chi connectivity index (χ3n) is 6.01. The molecule has 4 heterocycles. The van der Waals surface area contributed by atoms with Gasteiger partial charge >= 0.3 is 12.2 Å². The van der Waals surface area contributed by atoms with Crippen molar-refractivity contribution >= 4 is 23.4 Å². The molecule has 0 radical (unpaired) electrons. The zero-order valence-corrected chi connectivity index (χ0v) is 19.3. The van der Waals surface area contributed by atoms with Crippen LogP contribution in [0.25, 0.3) is 11.4 Å². The Morgan fingerprint density at radius 1 is 1.22 bits per heavy atom. The van der Waals surface area contributed by atoms with Crippen LogP contribution in [-0.2, 0) is 6.18 Å². The van der Waals surface area contributed by atoms with Crippen LogP contribution in [0.4, 0.5) is 35.3 Å². The van der Waals surface area contributed by atoms with E-state index in [1.165, 1.54) is 35.6 Å². The van der Waals surface area contributed by atoms with Crippen LogP contribution in [0.5, 0.6) is 5.88 Å². The molecule has 2 bridgehead atoms. The van der Waals surface area contributed by atoms with E-state index in [-0.39, 0.29) is 35.7 Å². The lowest BCUT2D eigenvalue weighted by atomic mass is 10.1. The lowest BCUT2D eigenvalue weighted by molar-refractivity contribution is -0.137. The maximum absolute atomic E-state index is 13.3. The number of alkyl halides is 3. The zero-order valence-electron chi connectivity index (χ0n) is 19.3. The van der Waals surface area contributed by atoms with Gasteiger partial charge < -0.3 is 19.8 Å². The van der Waals surface area contributed by atoms with Gasteiger partial charge in [-0.1, -0.05) is 12.1 Å². The first-order valence-corrected chi connectivity index (χ1v) is 11.4. The van der Waals surface area contributed by atoms with Crippen LogP contribution in [0.1, 0.15) is 12.0 Å². The summed E-state index contributed by atoms with van der Waals surface area (Å²) in [5.41, 5.74) is -0.0304. The fraction of sp³-hybridized carbons (Fsp3) is 0.348. The van der Waals surface area contributed by atoms with Crippen LogP contribution in [-0.4, -0.2) is 74.6 Å². The van der Waals surface area contributed by atoms with Gasteiger partial charge in [0.1, 0.15) is 12.7 Å². The first kappa shape index (κ1) is 24.6. The molecule has 1 saturated heterocycles. The van der Waals surface area contributed by atoms with Crippen molar-refractivity contribution in [1.29, 1.82) is 0 Å². The molecule has 11 nitrogen and oxygen atoms in total. The molecule has 2 atom stereocenters. The number of nitrogens with one attached hydrogen (secondary N) is 1. The van der Waals surface area contributed by atoms with Crippen molar-refractivity contribution in [2.75, 3.05) is 41.4 Å². The summed E-state index contributed by atoms with van der Waals surface area (Å²) in [5, 5.41) is 20.9. The second-order valence-electron chi connectivity index (χ2n) is 8.56. The molecule has 0 saturated carbocycles. The molecule has 0 spiro atoms. The Balaban J connectivity index is 1.39. The molecule has 1 fully saturated rings. The Morgan fingerprint density at radius 2 is 2.05 bits per heavy atom. The van der Waals surface area contributed by atoms with Crippen molar-refractivity contribution in [3.63, 3.8) is 0 Å². The molecule has 1 unspecified atom stereocenters. The predicted molar refractivity (Wildman–Crippen MR) is 125 cm³/mol. The Hall–Kier alpha value is -4.04. The van der Waals surface area contributed by atoms with Gasteiger partial charge in [-0.25, -0.2) is 24.7 Å². The molecule has 14 heteroatoms. The Labute approximate surface area is 208 Å². The predicted octanol–water partition coefficient (Wildman–Crippen LogP) is 2.32. The fourth-order valence-corrected chi connectivity index (χ4v) is 4.21. The number of rotatable bonds is 6. The van der Waals surface area contributed by atoms with Gasteiger partial charge in [-0.2, -0.15) is 13.2 Å². The molecule has 2 aliphatic heterocycles. The van der Waals surface area contributed by atoms with E-state index in [0.717, 1.165) is 12.1 Å². The van der Waals surface area contributed by atoms with E-state index in [1.54, 1.807) is 0 Å². The van der Waals surface area contributed by atoms with Gasteiger partial charge in [0.2, 0.25) is 5.88 Å². The average molecular weight is 517 g/mol. The first-order chi connectivity index (χ1) is 17.7. The number of aliphatic hydroxyl groups is 2. The number of aliphatic hydroxyl groups excluding tert-OH is 2. The molecule has 37 heavy (non-hydrogen) atoms. The largest absolute Gasteiger partial charge is 0.474 e. The van der Waals surface area contributed by atoms with Crippen molar-refractivity contribution in [2.24, 2.45) is 0 Å². The number of halogens is 3. The Kier molecular flexibility index (Phi) is 6.52. The normalized spacial score (nSPS) is 17.4. The summed E-state index contributed by atoms with van der Waals surface area (Å²) < 4.78 is 44.8. The summed E-state index contributed by atoms with van der Waals surface area (Å²) in [7, 11) is 0. The molecule has 2 amide bonds. The summed E-state index contributed by atoms with van der Waals surface area (Å²) in [5.74, 6) is 0.587. The van der Waals surface area contributed by atoms with E-state index in [4.69, 9.17) is 9.84 Å². The first-order valence-electron chi connectivity index (χ1n) is 11.4. The highest BCUT2D eigenvalue weighted by atomic mass is 19.4. The van der Waals surface area contributed by atoms with Crippen LogP contribution >= 0.6 is 0 Å². The van der Waals surface area contributed by atoms with Crippen LogP contribution in [0, 0.1) is 0 Å². The van der Waals surface area contributed by atoms with E-state index < -0.39 is 30.5 Å². The number of hydrogen-bond acceptors (Lipinski definition) is 9. The minimum absolute atomic E-state index is 0.0662. The fourth-order valence-electron chi connectivity index (χ4n) is 4.21. The lowest BCUT2D eigenvalue weighted by Crippen LogP contribution is -2.48. The minimum Gasteiger partial charge on any atom is -0.474 e. The molecule has 2 aliphatic rings. The summed E-state index contributed by atoms with van der Waals surface area (Å²) in [6, 6.07) is 3.99. The number of benzene rings is 1. The number of anilines is 3. The smallest absolute Gasteiger partial charge is 0.416 e. The van der Waals surface area contributed by atoms with E-state index >= 15 is 0 Å². The number of aromatic nitrogens is 4. The highest BCUT2D eigenvalue weighted by Crippen LogP contribution is 2.40. The third kappa shape index (κ3) is 5.11. The van der Waals surface area contributed by atoms with E-state index in [2.05, 4.69) is 25.3 Å². The molecular formula is C23H22F3N7O4. The number of carbonyl (C=O) groups is 1.